The number of hydrogen-bond acceptors (Lipinski definition) is 2. The predicted molar refractivity (Wildman–Crippen MR) is 37.4 cm³/mol. The lowest BCUT2D eigenvalue weighted by molar-refractivity contribution is -0.116. The summed E-state index contributed by atoms with van der Waals surface area (Å²) in [5.74, 6) is -0.138. The van der Waals surface area contributed by atoms with Crippen LogP contribution in [0.1, 0.15) is 6.92 Å². The van der Waals surface area contributed by atoms with Crippen molar-refractivity contribution in [3.05, 3.63) is 12.3 Å². The molecule has 0 bridgehead atoms. The molecule has 0 saturated carbocycles. The Kier molecular flexibility index (Phi) is 4.40. The highest BCUT2D eigenvalue weighted by Crippen LogP contribution is 1.72. The summed E-state index contributed by atoms with van der Waals surface area (Å²) in [6, 6.07) is 0. The van der Waals surface area contributed by atoms with Crippen LogP contribution < -0.4 is 5.32 Å². The summed E-state index contributed by atoms with van der Waals surface area (Å²) >= 11 is 0. The van der Waals surface area contributed by atoms with Crippen molar-refractivity contribution in [1.29, 1.82) is 0 Å². The zero-order chi connectivity index (χ0) is 7.11. The molecular formula is C6H10N2O. The second-order valence-corrected chi connectivity index (χ2v) is 1.34. The maximum Gasteiger partial charge on any atom is 0.245 e. The van der Waals surface area contributed by atoms with Gasteiger partial charge < -0.3 is 5.32 Å². The molecule has 0 atom stereocenters. The molecule has 0 heterocycles. The molecule has 0 aliphatic heterocycles. The molecule has 1 N–H and O–H groups in total. The van der Waals surface area contributed by atoms with E-state index in [9.17, 15) is 4.79 Å². The molecule has 0 unspecified atom stereocenters. The molecule has 3 heteroatoms. The number of nitrogens with zero attached hydrogens (tertiary/aromatic N) is 1. The normalized spacial score (nSPS) is 10.9. The topological polar surface area (TPSA) is 41.5 Å². The summed E-state index contributed by atoms with van der Waals surface area (Å²) in [5.41, 5.74) is 0. The Balaban J connectivity index is 3.57. The minimum Gasteiger partial charge on any atom is -0.356 e. The molecule has 0 aromatic rings. The average molecular weight is 126 g/mol. The fourth-order valence-corrected chi connectivity index (χ4v) is 0.280. The maximum atomic E-state index is 10.4. The van der Waals surface area contributed by atoms with Gasteiger partial charge in [0.05, 0.1) is 0 Å². The monoisotopic (exact) mass is 126 g/mol. The van der Waals surface area contributed by atoms with E-state index in [-0.39, 0.29) is 5.91 Å². The smallest absolute Gasteiger partial charge is 0.245 e. The van der Waals surface area contributed by atoms with E-state index in [0.717, 1.165) is 0 Å². The fraction of sp³-hybridized carbons (Fsp3) is 0.333. The number of nitrogens with one attached hydrogen (secondary N) is 1. The number of amides is 1. The van der Waals surface area contributed by atoms with Crippen LogP contribution in [-0.4, -0.2) is 19.2 Å². The second kappa shape index (κ2) is 5.03. The Bertz CT molecular complexity index is 138. The lowest BCUT2D eigenvalue weighted by Gasteiger charge is -1.85. The molecule has 50 valence electrons. The van der Waals surface area contributed by atoms with E-state index in [1.807, 2.05) is 0 Å². The zero-order valence-corrected chi connectivity index (χ0v) is 5.59. The van der Waals surface area contributed by atoms with Crippen LogP contribution in [0.3, 0.4) is 0 Å². The number of aliphatic imine (C=N–C) groups is 1. The summed E-state index contributed by atoms with van der Waals surface area (Å²) in [6.45, 7) is 1.79. The van der Waals surface area contributed by atoms with E-state index in [2.05, 4.69) is 10.3 Å². The Labute approximate surface area is 54.5 Å². The molecular weight excluding hydrogens is 116 g/mol. The minimum atomic E-state index is -0.138. The third-order valence-electron chi connectivity index (χ3n) is 0.707. The first-order valence-electron chi connectivity index (χ1n) is 2.67. The van der Waals surface area contributed by atoms with Crippen LogP contribution in [0.5, 0.6) is 0 Å². The van der Waals surface area contributed by atoms with Crippen LogP contribution in [0.4, 0.5) is 0 Å². The molecule has 0 fully saturated rings. The van der Waals surface area contributed by atoms with Gasteiger partial charge in [-0.15, -0.1) is 0 Å². The van der Waals surface area contributed by atoms with Gasteiger partial charge >= 0.3 is 0 Å². The van der Waals surface area contributed by atoms with Gasteiger partial charge in [-0.1, -0.05) is 0 Å². The number of hydrogen-bond donors (Lipinski definition) is 1. The van der Waals surface area contributed by atoms with Gasteiger partial charge in [-0.05, 0) is 6.92 Å². The lowest BCUT2D eigenvalue weighted by Crippen LogP contribution is -2.13. The highest BCUT2D eigenvalue weighted by molar-refractivity contribution is 5.87. The molecule has 3 nitrogen and oxygen atoms in total. The first-order valence-corrected chi connectivity index (χ1v) is 2.67. The van der Waals surface area contributed by atoms with Crippen LogP contribution in [-0.2, 0) is 4.79 Å². The molecule has 0 aliphatic rings. The zero-order valence-electron chi connectivity index (χ0n) is 5.59. The van der Waals surface area contributed by atoms with Crippen LogP contribution in [0, 0.1) is 0 Å². The number of carbonyl (C=O) groups is 1. The summed E-state index contributed by atoms with van der Waals surface area (Å²) in [5, 5.41) is 2.42. The van der Waals surface area contributed by atoms with Crippen molar-refractivity contribution in [3.63, 3.8) is 0 Å². The lowest BCUT2D eigenvalue weighted by atomic mass is 10.6. The van der Waals surface area contributed by atoms with E-state index in [1.54, 1.807) is 20.2 Å². The van der Waals surface area contributed by atoms with Crippen LogP contribution in [0.2, 0.25) is 0 Å². The summed E-state index contributed by atoms with van der Waals surface area (Å²) in [4.78, 5) is 14.1. The molecule has 0 aliphatic carbocycles. The molecule has 9 heavy (non-hydrogen) atoms. The first kappa shape index (κ1) is 7.88. The number of rotatable bonds is 2. The molecule has 0 aromatic heterocycles. The SMILES string of the molecule is CC=N/C=C/C(=O)NC. The first-order chi connectivity index (χ1) is 4.31. The van der Waals surface area contributed by atoms with Crippen molar-refractivity contribution in [2.45, 2.75) is 6.92 Å². The molecule has 0 radical (unpaired) electrons. The second-order valence-electron chi connectivity index (χ2n) is 1.34. The Morgan fingerprint density at radius 1 is 1.67 bits per heavy atom. The van der Waals surface area contributed by atoms with E-state index in [4.69, 9.17) is 0 Å². The quantitative estimate of drug-likeness (QED) is 0.420. The van der Waals surface area contributed by atoms with Crippen LogP contribution in [0.25, 0.3) is 0 Å². The van der Waals surface area contributed by atoms with E-state index >= 15 is 0 Å². The Morgan fingerprint density at radius 2 is 2.33 bits per heavy atom. The summed E-state index contributed by atoms with van der Waals surface area (Å²) < 4.78 is 0. The predicted octanol–water partition coefficient (Wildman–Crippen LogP) is 0.337. The Hall–Kier alpha value is -1.12. The van der Waals surface area contributed by atoms with E-state index < -0.39 is 0 Å². The summed E-state index contributed by atoms with van der Waals surface area (Å²) in [7, 11) is 1.57. The van der Waals surface area contributed by atoms with Crippen LogP contribution >= 0.6 is 0 Å². The van der Waals surface area contributed by atoms with E-state index in [1.165, 1.54) is 12.3 Å². The van der Waals surface area contributed by atoms with Gasteiger partial charge in [0.1, 0.15) is 0 Å². The number of carbonyl (C=O) groups excluding carboxylic acids is 1. The van der Waals surface area contributed by atoms with Crippen molar-refractivity contribution < 1.29 is 4.79 Å². The van der Waals surface area contributed by atoms with Crippen molar-refractivity contribution >= 4 is 12.1 Å². The highest BCUT2D eigenvalue weighted by atomic mass is 16.1. The minimum absolute atomic E-state index is 0.138. The molecule has 0 spiro atoms. The van der Waals surface area contributed by atoms with Crippen LogP contribution in [0.15, 0.2) is 17.3 Å². The van der Waals surface area contributed by atoms with Crippen molar-refractivity contribution in [2.75, 3.05) is 7.05 Å². The molecule has 1 amide bonds. The maximum absolute atomic E-state index is 10.4. The molecule has 0 saturated heterocycles. The van der Waals surface area contributed by atoms with Gasteiger partial charge in [-0.25, -0.2) is 0 Å². The van der Waals surface area contributed by atoms with E-state index in [0.29, 0.717) is 0 Å². The third kappa shape index (κ3) is 4.74. The molecule has 0 aromatic carbocycles. The standard InChI is InChI=1S/C6H10N2O/c1-3-8-5-4-6(9)7-2/h3-5H,1-2H3,(H,7,9)/b5-4+,8-3?. The van der Waals surface area contributed by atoms with Gasteiger partial charge in [0.15, 0.2) is 0 Å². The third-order valence-corrected chi connectivity index (χ3v) is 0.707. The fourth-order valence-electron chi connectivity index (χ4n) is 0.280. The van der Waals surface area contributed by atoms with Gasteiger partial charge in [-0.2, -0.15) is 0 Å². The van der Waals surface area contributed by atoms with Gasteiger partial charge in [0, 0.05) is 25.5 Å². The highest BCUT2D eigenvalue weighted by Gasteiger charge is 1.82. The average Bonchev–Trinajstić information content (AvgIpc) is 1.89. The van der Waals surface area contributed by atoms with Crippen molar-refractivity contribution in [2.24, 2.45) is 4.99 Å². The summed E-state index contributed by atoms with van der Waals surface area (Å²) in [6.07, 6.45) is 4.41. The van der Waals surface area contributed by atoms with Gasteiger partial charge in [-0.3, -0.25) is 9.79 Å². The van der Waals surface area contributed by atoms with Gasteiger partial charge in [0.2, 0.25) is 5.91 Å². The van der Waals surface area contributed by atoms with Crippen molar-refractivity contribution in [1.82, 2.24) is 5.32 Å². The van der Waals surface area contributed by atoms with Gasteiger partial charge in [0.25, 0.3) is 0 Å². The van der Waals surface area contributed by atoms with Crippen molar-refractivity contribution in [3.8, 4) is 0 Å². The Morgan fingerprint density at radius 3 is 2.78 bits per heavy atom. The molecule has 0 rings (SSSR count). The number of likely N-dealkylation sites (N-methyl/N-ethyl adjacent to an activating group) is 1. The largest absolute Gasteiger partial charge is 0.356 e.